The van der Waals surface area contributed by atoms with E-state index in [-0.39, 0.29) is 17.3 Å². The third kappa shape index (κ3) is 3.39. The minimum Gasteiger partial charge on any atom is -0.395 e. The Morgan fingerprint density at radius 3 is 2.94 bits per heavy atom. The second kappa shape index (κ2) is 5.92. The third-order valence-electron chi connectivity index (χ3n) is 2.15. The molecule has 0 bridgehead atoms. The number of methoxy groups -OCH3 is 1. The van der Waals surface area contributed by atoms with Crippen molar-refractivity contribution in [2.45, 2.75) is 13.0 Å². The molecule has 3 N–H and O–H groups in total. The summed E-state index contributed by atoms with van der Waals surface area (Å²) >= 11 is 0. The molecule has 1 aromatic heterocycles. The van der Waals surface area contributed by atoms with Gasteiger partial charge in [0.15, 0.2) is 6.20 Å². The van der Waals surface area contributed by atoms with E-state index in [0.717, 1.165) is 12.3 Å². The van der Waals surface area contributed by atoms with Gasteiger partial charge in [0.25, 0.3) is 5.91 Å². The molecule has 8 heteroatoms. The van der Waals surface area contributed by atoms with Crippen LogP contribution in [0.4, 0.5) is 11.5 Å². The highest BCUT2D eigenvalue weighted by atomic mass is 16.6. The highest BCUT2D eigenvalue weighted by Crippen LogP contribution is 2.16. The topological polar surface area (TPSA) is 120 Å². The number of carbonyl (C=O) groups excluding carboxylic acids is 1. The zero-order valence-electron chi connectivity index (χ0n) is 10.0. The van der Waals surface area contributed by atoms with Gasteiger partial charge in [-0.15, -0.1) is 0 Å². The van der Waals surface area contributed by atoms with Crippen molar-refractivity contribution in [3.63, 3.8) is 0 Å². The van der Waals surface area contributed by atoms with Crippen molar-refractivity contribution < 1.29 is 14.5 Å². The molecule has 1 unspecified atom stereocenters. The third-order valence-corrected chi connectivity index (χ3v) is 2.15. The van der Waals surface area contributed by atoms with Crippen LogP contribution in [0.3, 0.4) is 0 Å². The number of carbonyl (C=O) groups is 1. The molecule has 8 nitrogen and oxygen atoms in total. The molecule has 0 saturated carbocycles. The summed E-state index contributed by atoms with van der Waals surface area (Å²) in [5.74, 6) is -0.920. The highest BCUT2D eigenvalue weighted by molar-refractivity contribution is 5.99. The van der Waals surface area contributed by atoms with Crippen LogP contribution in [0.15, 0.2) is 12.3 Å². The zero-order valence-corrected chi connectivity index (χ0v) is 10.0. The normalized spacial score (nSPS) is 11.9. The lowest BCUT2D eigenvalue weighted by molar-refractivity contribution is -0.389. The van der Waals surface area contributed by atoms with Crippen molar-refractivity contribution in [3.05, 3.63) is 27.9 Å². The molecular weight excluding hydrogens is 240 g/mol. The molecule has 0 aliphatic heterocycles. The van der Waals surface area contributed by atoms with Gasteiger partial charge in [0, 0.05) is 13.2 Å². The lowest BCUT2D eigenvalue weighted by atomic mass is 10.2. The molecule has 0 aliphatic carbocycles. The smallest absolute Gasteiger partial charge is 0.364 e. The Morgan fingerprint density at radius 1 is 1.72 bits per heavy atom. The molecule has 0 aromatic carbocycles. The average molecular weight is 254 g/mol. The van der Waals surface area contributed by atoms with E-state index in [2.05, 4.69) is 10.3 Å². The van der Waals surface area contributed by atoms with Gasteiger partial charge in [0.2, 0.25) is 0 Å². The fourth-order valence-corrected chi connectivity index (χ4v) is 1.34. The summed E-state index contributed by atoms with van der Waals surface area (Å²) in [7, 11) is 1.51. The van der Waals surface area contributed by atoms with Crippen LogP contribution in [0.2, 0.25) is 0 Å². The quantitative estimate of drug-likeness (QED) is 0.577. The molecule has 1 heterocycles. The number of hydrogen-bond acceptors (Lipinski definition) is 6. The van der Waals surface area contributed by atoms with Crippen LogP contribution in [0.1, 0.15) is 17.3 Å². The standard InChI is InChI=1S/C10H14N4O4/c1-6(5-18-2)13-10(15)7-3-9(14(16)17)12-4-8(7)11/h3-4,6H,5,11H2,1-2H3,(H,13,15). The number of nitrogen functional groups attached to an aromatic ring is 1. The van der Waals surface area contributed by atoms with E-state index in [1.54, 1.807) is 6.92 Å². The molecular formula is C10H14N4O4. The van der Waals surface area contributed by atoms with Gasteiger partial charge in [-0.25, -0.2) is 0 Å². The van der Waals surface area contributed by atoms with Crippen LogP contribution in [0.5, 0.6) is 0 Å². The molecule has 0 aliphatic rings. The average Bonchev–Trinajstić information content (AvgIpc) is 2.29. The van der Waals surface area contributed by atoms with Gasteiger partial charge < -0.3 is 25.9 Å². The molecule has 0 radical (unpaired) electrons. The van der Waals surface area contributed by atoms with Crippen molar-refractivity contribution in [1.82, 2.24) is 10.3 Å². The summed E-state index contributed by atoms with van der Waals surface area (Å²) in [6.45, 7) is 2.08. The monoisotopic (exact) mass is 254 g/mol. The van der Waals surface area contributed by atoms with Gasteiger partial charge in [-0.1, -0.05) is 0 Å². The first-order chi connectivity index (χ1) is 8.45. The molecule has 18 heavy (non-hydrogen) atoms. The van der Waals surface area contributed by atoms with Gasteiger partial charge in [-0.3, -0.25) is 4.79 Å². The van der Waals surface area contributed by atoms with E-state index < -0.39 is 16.6 Å². The van der Waals surface area contributed by atoms with E-state index >= 15 is 0 Å². The number of nitrogens with two attached hydrogens (primary N) is 1. The minimum absolute atomic E-state index is 0.0275. The van der Waals surface area contributed by atoms with Crippen LogP contribution in [0.25, 0.3) is 0 Å². The van der Waals surface area contributed by atoms with E-state index in [9.17, 15) is 14.9 Å². The maximum Gasteiger partial charge on any atom is 0.364 e. The Hall–Kier alpha value is -2.22. The van der Waals surface area contributed by atoms with Crippen LogP contribution in [-0.2, 0) is 4.74 Å². The number of nitro groups is 1. The summed E-state index contributed by atoms with van der Waals surface area (Å²) in [5, 5.41) is 13.2. The lowest BCUT2D eigenvalue weighted by Crippen LogP contribution is -2.36. The number of anilines is 1. The molecule has 1 amide bonds. The van der Waals surface area contributed by atoms with Gasteiger partial charge in [0.1, 0.15) is 0 Å². The second-order valence-electron chi connectivity index (χ2n) is 3.72. The van der Waals surface area contributed by atoms with Gasteiger partial charge in [0.05, 0.1) is 23.9 Å². The first kappa shape index (κ1) is 13.8. The molecule has 1 atom stereocenters. The zero-order chi connectivity index (χ0) is 13.7. The van der Waals surface area contributed by atoms with Crippen LogP contribution in [-0.4, -0.2) is 35.6 Å². The Kier molecular flexibility index (Phi) is 4.55. The summed E-state index contributed by atoms with van der Waals surface area (Å²) in [4.78, 5) is 25.2. The number of ether oxygens (including phenoxy) is 1. The number of hydrogen-bond donors (Lipinski definition) is 2. The molecule has 1 aromatic rings. The van der Waals surface area contributed by atoms with Crippen molar-refractivity contribution in [2.24, 2.45) is 0 Å². The summed E-state index contributed by atoms with van der Waals surface area (Å²) in [6.07, 6.45) is 1.09. The highest BCUT2D eigenvalue weighted by Gasteiger charge is 2.18. The van der Waals surface area contributed by atoms with E-state index in [4.69, 9.17) is 10.5 Å². The summed E-state index contributed by atoms with van der Waals surface area (Å²) in [6, 6.07) is 0.818. The number of nitrogens with zero attached hydrogens (tertiary/aromatic N) is 2. The van der Waals surface area contributed by atoms with Crippen molar-refractivity contribution in [1.29, 1.82) is 0 Å². The molecule has 1 rings (SSSR count). The van der Waals surface area contributed by atoms with E-state index in [0.29, 0.717) is 6.61 Å². The number of pyridine rings is 1. The van der Waals surface area contributed by atoms with Gasteiger partial charge in [-0.05, 0) is 16.8 Å². The molecule has 0 spiro atoms. The summed E-state index contributed by atoms with van der Waals surface area (Å²) < 4.78 is 4.87. The second-order valence-corrected chi connectivity index (χ2v) is 3.72. The van der Waals surface area contributed by atoms with Crippen LogP contribution in [0, 0.1) is 10.1 Å². The summed E-state index contributed by atoms with van der Waals surface area (Å²) in [5.41, 5.74) is 5.68. The van der Waals surface area contributed by atoms with E-state index in [1.807, 2.05) is 0 Å². The minimum atomic E-state index is -0.686. The van der Waals surface area contributed by atoms with Crippen molar-refractivity contribution in [2.75, 3.05) is 19.5 Å². The Labute approximate surface area is 103 Å². The Morgan fingerprint density at radius 2 is 2.39 bits per heavy atom. The predicted molar refractivity (Wildman–Crippen MR) is 64.1 cm³/mol. The largest absolute Gasteiger partial charge is 0.395 e. The maximum absolute atomic E-state index is 11.8. The van der Waals surface area contributed by atoms with Gasteiger partial charge in [-0.2, -0.15) is 0 Å². The Bertz CT molecular complexity index is 463. The van der Waals surface area contributed by atoms with Crippen LogP contribution >= 0.6 is 0 Å². The number of nitrogens with one attached hydrogen (secondary N) is 1. The Balaban J connectivity index is 2.91. The number of rotatable bonds is 5. The van der Waals surface area contributed by atoms with E-state index in [1.165, 1.54) is 7.11 Å². The fourth-order valence-electron chi connectivity index (χ4n) is 1.34. The molecule has 0 fully saturated rings. The molecule has 98 valence electrons. The van der Waals surface area contributed by atoms with Gasteiger partial charge >= 0.3 is 5.82 Å². The first-order valence-electron chi connectivity index (χ1n) is 5.15. The SMILES string of the molecule is COCC(C)NC(=O)c1cc([N+](=O)[O-])ncc1N. The van der Waals surface area contributed by atoms with Crippen molar-refractivity contribution >= 4 is 17.4 Å². The fraction of sp³-hybridized carbons (Fsp3) is 0.400. The van der Waals surface area contributed by atoms with Crippen molar-refractivity contribution in [3.8, 4) is 0 Å². The maximum atomic E-state index is 11.8. The predicted octanol–water partition coefficient (Wildman–Crippen LogP) is 0.337. The lowest BCUT2D eigenvalue weighted by Gasteiger charge is -2.13. The number of amides is 1. The van der Waals surface area contributed by atoms with Crippen LogP contribution < -0.4 is 11.1 Å². The number of aromatic nitrogens is 1. The molecule has 0 saturated heterocycles. The first-order valence-corrected chi connectivity index (χ1v) is 5.15.